The molecule has 28 heavy (non-hydrogen) atoms. The number of carbonyl (C=O) groups excluding carboxylic acids is 3. The molecule has 7 heteroatoms. The van der Waals surface area contributed by atoms with Crippen molar-refractivity contribution in [2.45, 2.75) is 13.3 Å². The van der Waals surface area contributed by atoms with Gasteiger partial charge in [0.05, 0.1) is 25.9 Å². The smallest absolute Gasteiger partial charge is 0.338 e. The number of esters is 1. The van der Waals surface area contributed by atoms with Crippen molar-refractivity contribution in [3.8, 4) is 22.9 Å². The highest BCUT2D eigenvalue weighted by atomic mass is 16.5. The van der Waals surface area contributed by atoms with Gasteiger partial charge in [-0.1, -0.05) is 25.1 Å². The molecule has 2 rings (SSSR count). The van der Waals surface area contributed by atoms with Gasteiger partial charge < -0.3 is 14.8 Å². The topological polar surface area (TPSA) is 105 Å². The highest BCUT2D eigenvalue weighted by molar-refractivity contribution is 6.10. The first kappa shape index (κ1) is 20.6. The van der Waals surface area contributed by atoms with E-state index in [1.54, 1.807) is 50.4 Å². The third-order valence-corrected chi connectivity index (χ3v) is 4.13. The Hall–Kier alpha value is -3.66. The summed E-state index contributed by atoms with van der Waals surface area (Å²) in [6, 6.07) is 13.5. The van der Waals surface area contributed by atoms with Gasteiger partial charge in [-0.2, -0.15) is 5.26 Å². The Morgan fingerprint density at radius 3 is 2.50 bits per heavy atom. The second-order valence-electron chi connectivity index (χ2n) is 5.86. The lowest BCUT2D eigenvalue weighted by molar-refractivity contribution is -0.128. The Bertz CT molecular complexity index is 946. The Morgan fingerprint density at radius 2 is 1.89 bits per heavy atom. The molecule has 1 atom stereocenters. The van der Waals surface area contributed by atoms with Crippen molar-refractivity contribution >= 4 is 23.3 Å². The predicted molar refractivity (Wildman–Crippen MR) is 103 cm³/mol. The van der Waals surface area contributed by atoms with Gasteiger partial charge in [0.1, 0.15) is 5.75 Å². The Morgan fingerprint density at radius 1 is 1.14 bits per heavy atom. The fourth-order valence-corrected chi connectivity index (χ4v) is 2.64. The van der Waals surface area contributed by atoms with Crippen LogP contribution in [0.1, 0.15) is 23.7 Å². The molecule has 0 aromatic heterocycles. The largest absolute Gasteiger partial charge is 0.497 e. The minimum absolute atomic E-state index is 0.0772. The van der Waals surface area contributed by atoms with Crippen molar-refractivity contribution in [3.63, 3.8) is 0 Å². The van der Waals surface area contributed by atoms with Crippen LogP contribution in [-0.4, -0.2) is 31.9 Å². The fourth-order valence-electron chi connectivity index (χ4n) is 2.64. The van der Waals surface area contributed by atoms with Crippen LogP contribution < -0.4 is 10.1 Å². The molecule has 1 N–H and O–H groups in total. The van der Waals surface area contributed by atoms with Crippen LogP contribution in [0, 0.1) is 17.2 Å². The number of ketones is 1. The quantitative estimate of drug-likeness (QED) is 0.584. The van der Waals surface area contributed by atoms with E-state index in [9.17, 15) is 14.4 Å². The van der Waals surface area contributed by atoms with Crippen molar-refractivity contribution in [2.75, 3.05) is 19.5 Å². The SMILES string of the molecule is CCC(=O)C(C#N)C(=O)Nc1ccc(-c2cccc(OC)c2)c(C(=O)OC)c1. The third-order valence-electron chi connectivity index (χ3n) is 4.13. The van der Waals surface area contributed by atoms with Crippen molar-refractivity contribution in [1.82, 2.24) is 0 Å². The number of hydrogen-bond acceptors (Lipinski definition) is 6. The van der Waals surface area contributed by atoms with Gasteiger partial charge in [-0.25, -0.2) is 4.79 Å². The van der Waals surface area contributed by atoms with Crippen molar-refractivity contribution in [3.05, 3.63) is 48.0 Å². The molecule has 0 saturated heterocycles. The lowest BCUT2D eigenvalue weighted by atomic mass is 9.98. The second-order valence-corrected chi connectivity index (χ2v) is 5.86. The molecule has 0 radical (unpaired) electrons. The van der Waals surface area contributed by atoms with Crippen LogP contribution in [0.2, 0.25) is 0 Å². The number of Topliss-reactive ketones (excluding diaryl/α,β-unsaturated/α-hetero) is 1. The van der Waals surface area contributed by atoms with E-state index in [-0.39, 0.29) is 17.7 Å². The zero-order chi connectivity index (χ0) is 20.7. The lowest BCUT2D eigenvalue weighted by Crippen LogP contribution is -2.28. The summed E-state index contributed by atoms with van der Waals surface area (Å²) in [6.07, 6.45) is 0.0772. The summed E-state index contributed by atoms with van der Waals surface area (Å²) in [5.74, 6) is -2.57. The van der Waals surface area contributed by atoms with Gasteiger partial charge in [0.25, 0.3) is 0 Å². The second kappa shape index (κ2) is 9.33. The highest BCUT2D eigenvalue weighted by Crippen LogP contribution is 2.30. The van der Waals surface area contributed by atoms with Gasteiger partial charge >= 0.3 is 5.97 Å². The fraction of sp³-hybridized carbons (Fsp3) is 0.238. The van der Waals surface area contributed by atoms with Crippen molar-refractivity contribution < 1.29 is 23.9 Å². The molecule has 1 unspecified atom stereocenters. The van der Waals surface area contributed by atoms with Crippen LogP contribution in [-0.2, 0) is 14.3 Å². The van der Waals surface area contributed by atoms with E-state index >= 15 is 0 Å². The van der Waals surface area contributed by atoms with Gasteiger partial charge in [-0.05, 0) is 35.4 Å². The molecule has 0 bridgehead atoms. The van der Waals surface area contributed by atoms with Crippen LogP contribution in [0.25, 0.3) is 11.1 Å². The van der Waals surface area contributed by atoms with Gasteiger partial charge in [-0.3, -0.25) is 9.59 Å². The van der Waals surface area contributed by atoms with E-state index in [0.717, 1.165) is 5.56 Å². The van der Waals surface area contributed by atoms with E-state index in [4.69, 9.17) is 14.7 Å². The van der Waals surface area contributed by atoms with Crippen LogP contribution in [0.15, 0.2) is 42.5 Å². The van der Waals surface area contributed by atoms with E-state index in [2.05, 4.69) is 5.32 Å². The third kappa shape index (κ3) is 4.54. The first-order valence-corrected chi connectivity index (χ1v) is 8.55. The molecule has 0 aliphatic carbocycles. The standard InChI is InChI=1S/C21H20N2O5/c1-4-19(24)18(12-22)20(25)23-14-8-9-16(17(11-14)21(26)28-3)13-6-5-7-15(10-13)27-2/h5-11,18H,4H2,1-3H3,(H,23,25). The van der Waals surface area contributed by atoms with E-state index < -0.39 is 23.6 Å². The summed E-state index contributed by atoms with van der Waals surface area (Å²) in [4.78, 5) is 36.2. The molecule has 0 saturated carbocycles. The molecule has 0 fully saturated rings. The molecule has 7 nitrogen and oxygen atoms in total. The maximum atomic E-state index is 12.3. The lowest BCUT2D eigenvalue weighted by Gasteiger charge is -2.13. The number of anilines is 1. The first-order chi connectivity index (χ1) is 13.4. The predicted octanol–water partition coefficient (Wildman–Crippen LogP) is 3.21. The summed E-state index contributed by atoms with van der Waals surface area (Å²) in [6.45, 7) is 1.58. The number of amides is 1. The number of hydrogen-bond donors (Lipinski definition) is 1. The summed E-state index contributed by atoms with van der Waals surface area (Å²) in [5, 5.41) is 11.6. The Kier molecular flexibility index (Phi) is 6.88. The molecular formula is C21H20N2O5. The minimum Gasteiger partial charge on any atom is -0.497 e. The number of nitrogens with one attached hydrogen (secondary N) is 1. The van der Waals surface area contributed by atoms with Gasteiger partial charge in [-0.15, -0.1) is 0 Å². The maximum Gasteiger partial charge on any atom is 0.338 e. The van der Waals surface area contributed by atoms with Gasteiger partial charge in [0.15, 0.2) is 11.7 Å². The monoisotopic (exact) mass is 380 g/mol. The average molecular weight is 380 g/mol. The number of ether oxygens (including phenoxy) is 2. The van der Waals surface area contributed by atoms with E-state index in [1.165, 1.54) is 13.2 Å². The van der Waals surface area contributed by atoms with Crippen molar-refractivity contribution in [2.24, 2.45) is 5.92 Å². The molecular weight excluding hydrogens is 360 g/mol. The highest BCUT2D eigenvalue weighted by Gasteiger charge is 2.25. The molecule has 1 amide bonds. The van der Waals surface area contributed by atoms with Gasteiger partial charge in [0, 0.05) is 12.1 Å². The molecule has 0 aliphatic heterocycles. The molecule has 2 aromatic carbocycles. The average Bonchev–Trinajstić information content (AvgIpc) is 2.73. The van der Waals surface area contributed by atoms with E-state index in [0.29, 0.717) is 11.3 Å². The number of carbonyl (C=O) groups is 3. The van der Waals surface area contributed by atoms with E-state index in [1.807, 2.05) is 6.07 Å². The number of nitrogens with zero attached hydrogens (tertiary/aromatic N) is 1. The normalized spacial score (nSPS) is 11.1. The van der Waals surface area contributed by atoms with Gasteiger partial charge in [0.2, 0.25) is 5.91 Å². The van der Waals surface area contributed by atoms with Crippen LogP contribution >= 0.6 is 0 Å². The zero-order valence-electron chi connectivity index (χ0n) is 15.8. The number of methoxy groups -OCH3 is 2. The molecule has 2 aromatic rings. The summed E-state index contributed by atoms with van der Waals surface area (Å²) in [7, 11) is 2.80. The molecule has 0 aliphatic rings. The summed E-state index contributed by atoms with van der Waals surface area (Å²) < 4.78 is 10.1. The minimum atomic E-state index is -1.40. The maximum absolute atomic E-state index is 12.3. The number of rotatable bonds is 7. The number of benzene rings is 2. The first-order valence-electron chi connectivity index (χ1n) is 8.55. The Balaban J connectivity index is 2.42. The zero-order valence-corrected chi connectivity index (χ0v) is 15.8. The Labute approximate surface area is 162 Å². The molecule has 0 spiro atoms. The summed E-state index contributed by atoms with van der Waals surface area (Å²) in [5.41, 5.74) is 1.82. The van der Waals surface area contributed by atoms with Crippen LogP contribution in [0.4, 0.5) is 5.69 Å². The summed E-state index contributed by atoms with van der Waals surface area (Å²) >= 11 is 0. The molecule has 0 heterocycles. The number of nitriles is 1. The van der Waals surface area contributed by atoms with Crippen LogP contribution in [0.5, 0.6) is 5.75 Å². The van der Waals surface area contributed by atoms with Crippen molar-refractivity contribution in [1.29, 1.82) is 5.26 Å². The van der Waals surface area contributed by atoms with Crippen LogP contribution in [0.3, 0.4) is 0 Å². The molecule has 144 valence electrons.